The monoisotopic (exact) mass is 354 g/mol. The molecule has 0 bridgehead atoms. The van der Waals surface area contributed by atoms with Gasteiger partial charge in [-0.2, -0.15) is 5.10 Å². The van der Waals surface area contributed by atoms with Crippen LogP contribution in [0.2, 0.25) is 0 Å². The summed E-state index contributed by atoms with van der Waals surface area (Å²) in [5, 5.41) is 13.0. The van der Waals surface area contributed by atoms with Crippen molar-refractivity contribution in [2.24, 2.45) is 7.05 Å². The Balaban J connectivity index is 2.61. The molecule has 0 radical (unpaired) electrons. The number of aromatic carboxylic acids is 1. The van der Waals surface area contributed by atoms with Gasteiger partial charge in [0.1, 0.15) is 11.5 Å². The maximum Gasteiger partial charge on any atom is 0.356 e. The first kappa shape index (κ1) is 15.4. The zero-order valence-corrected chi connectivity index (χ0v) is 13.5. The summed E-state index contributed by atoms with van der Waals surface area (Å²) in [5.74, 6) is 0.183. The molecule has 2 aromatic rings. The van der Waals surface area contributed by atoms with Crippen molar-refractivity contribution in [3.05, 3.63) is 28.4 Å². The molecule has 1 aromatic carbocycles. The first-order valence-electron chi connectivity index (χ1n) is 6.26. The number of hydrogen-bond donors (Lipinski definition) is 1. The van der Waals surface area contributed by atoms with E-state index >= 15 is 0 Å². The molecule has 6 nitrogen and oxygen atoms in total. The van der Waals surface area contributed by atoms with Crippen LogP contribution in [0.15, 0.2) is 22.7 Å². The first-order valence-corrected chi connectivity index (χ1v) is 7.05. The second kappa shape index (κ2) is 6.17. The molecule has 0 aliphatic heterocycles. The van der Waals surface area contributed by atoms with Crippen LogP contribution in [-0.4, -0.2) is 34.6 Å². The topological polar surface area (TPSA) is 73.6 Å². The maximum absolute atomic E-state index is 11.0. The largest absolute Gasteiger partial charge is 0.495 e. The third-order valence-corrected chi connectivity index (χ3v) is 3.55. The van der Waals surface area contributed by atoms with Crippen molar-refractivity contribution in [1.82, 2.24) is 9.78 Å². The second-order valence-corrected chi connectivity index (χ2v) is 5.11. The first-order chi connectivity index (χ1) is 9.97. The molecule has 1 aromatic heterocycles. The lowest BCUT2D eigenvalue weighted by Crippen LogP contribution is -2.00. The van der Waals surface area contributed by atoms with E-state index in [1.807, 2.05) is 13.0 Å². The lowest BCUT2D eigenvalue weighted by molar-refractivity contribution is 0.0689. The number of carboxylic acid groups (broad SMARTS) is 1. The van der Waals surface area contributed by atoms with E-state index in [-0.39, 0.29) is 5.69 Å². The van der Waals surface area contributed by atoms with Crippen LogP contribution < -0.4 is 9.47 Å². The Labute approximate surface area is 130 Å². The highest BCUT2D eigenvalue weighted by molar-refractivity contribution is 9.10. The van der Waals surface area contributed by atoms with Crippen molar-refractivity contribution < 1.29 is 19.4 Å². The lowest BCUT2D eigenvalue weighted by Gasteiger charge is -2.13. The fourth-order valence-corrected chi connectivity index (χ4v) is 2.50. The summed E-state index contributed by atoms with van der Waals surface area (Å²) in [4.78, 5) is 11.0. The Kier molecular flexibility index (Phi) is 4.52. The minimum Gasteiger partial charge on any atom is -0.495 e. The molecule has 1 heterocycles. The number of aryl methyl sites for hydroxylation is 1. The van der Waals surface area contributed by atoms with E-state index in [1.54, 1.807) is 20.2 Å². The number of carbonyl (C=O) groups is 1. The molecule has 0 spiro atoms. The molecule has 2 rings (SSSR count). The normalized spacial score (nSPS) is 10.5. The molecule has 0 unspecified atom stereocenters. The molecule has 0 aliphatic rings. The van der Waals surface area contributed by atoms with Gasteiger partial charge in [0.05, 0.1) is 23.9 Å². The van der Waals surface area contributed by atoms with E-state index in [9.17, 15) is 4.79 Å². The van der Waals surface area contributed by atoms with E-state index in [1.165, 1.54) is 10.7 Å². The molecule has 21 heavy (non-hydrogen) atoms. The Bertz CT molecular complexity index is 682. The van der Waals surface area contributed by atoms with Gasteiger partial charge in [0, 0.05) is 18.7 Å². The molecule has 1 N–H and O–H groups in total. The number of halogens is 1. The highest BCUT2D eigenvalue weighted by Gasteiger charge is 2.18. The van der Waals surface area contributed by atoms with Crippen LogP contribution in [-0.2, 0) is 7.05 Å². The molecular formula is C14H15BrN2O4. The molecule has 7 heteroatoms. The third-order valence-electron chi connectivity index (χ3n) is 2.93. The SMILES string of the molecule is CCOc1cc(OC)c(Br)cc1-c1cc(C(=O)O)nn1C. The van der Waals surface area contributed by atoms with Gasteiger partial charge in [-0.25, -0.2) is 4.79 Å². The van der Waals surface area contributed by atoms with Crippen LogP contribution in [0.4, 0.5) is 0 Å². The number of nitrogens with zero attached hydrogens (tertiary/aromatic N) is 2. The van der Waals surface area contributed by atoms with E-state index < -0.39 is 5.97 Å². The van der Waals surface area contributed by atoms with Gasteiger partial charge in [-0.1, -0.05) is 0 Å². The lowest BCUT2D eigenvalue weighted by atomic mass is 10.1. The molecule has 0 aliphatic carbocycles. The van der Waals surface area contributed by atoms with Crippen molar-refractivity contribution in [1.29, 1.82) is 0 Å². The summed E-state index contributed by atoms with van der Waals surface area (Å²) < 4.78 is 13.1. The van der Waals surface area contributed by atoms with Gasteiger partial charge in [-0.3, -0.25) is 4.68 Å². The van der Waals surface area contributed by atoms with Crippen molar-refractivity contribution in [2.75, 3.05) is 13.7 Å². The van der Waals surface area contributed by atoms with Crippen LogP contribution in [0.25, 0.3) is 11.3 Å². The summed E-state index contributed by atoms with van der Waals surface area (Å²) in [6, 6.07) is 5.10. The minimum atomic E-state index is -1.07. The van der Waals surface area contributed by atoms with E-state index in [4.69, 9.17) is 14.6 Å². The van der Waals surface area contributed by atoms with Crippen molar-refractivity contribution in [3.8, 4) is 22.8 Å². The average molecular weight is 355 g/mol. The Morgan fingerprint density at radius 1 is 1.38 bits per heavy atom. The van der Waals surface area contributed by atoms with Crippen LogP contribution in [0, 0.1) is 0 Å². The predicted molar refractivity (Wildman–Crippen MR) is 81.0 cm³/mol. The molecule has 0 amide bonds. The molecule has 0 fully saturated rings. The smallest absolute Gasteiger partial charge is 0.356 e. The van der Waals surface area contributed by atoms with Crippen LogP contribution in [0.5, 0.6) is 11.5 Å². The van der Waals surface area contributed by atoms with Gasteiger partial charge in [-0.05, 0) is 35.0 Å². The van der Waals surface area contributed by atoms with Crippen molar-refractivity contribution in [2.45, 2.75) is 6.92 Å². The minimum absolute atomic E-state index is 0.0121. The van der Waals surface area contributed by atoms with Crippen LogP contribution >= 0.6 is 15.9 Å². The standard InChI is InChI=1S/C14H15BrN2O4/c1-4-21-12-7-13(20-3)9(15)5-8(12)11-6-10(14(18)19)16-17(11)2/h5-7H,4H2,1-3H3,(H,18,19). The number of aromatic nitrogens is 2. The van der Waals surface area contributed by atoms with Gasteiger partial charge in [0.2, 0.25) is 0 Å². The van der Waals surface area contributed by atoms with Crippen LogP contribution in [0.1, 0.15) is 17.4 Å². The average Bonchev–Trinajstić information content (AvgIpc) is 2.83. The Hall–Kier alpha value is -2.02. The fourth-order valence-electron chi connectivity index (χ4n) is 1.99. The number of methoxy groups -OCH3 is 1. The second-order valence-electron chi connectivity index (χ2n) is 4.26. The van der Waals surface area contributed by atoms with Gasteiger partial charge < -0.3 is 14.6 Å². The fraction of sp³-hybridized carbons (Fsp3) is 0.286. The molecule has 0 atom stereocenters. The number of ether oxygens (including phenoxy) is 2. The molecule has 0 saturated carbocycles. The quantitative estimate of drug-likeness (QED) is 0.893. The molecule has 0 saturated heterocycles. The van der Waals surface area contributed by atoms with Gasteiger partial charge in [-0.15, -0.1) is 0 Å². The molecular weight excluding hydrogens is 340 g/mol. The van der Waals surface area contributed by atoms with E-state index in [0.29, 0.717) is 23.8 Å². The van der Waals surface area contributed by atoms with Gasteiger partial charge in [0.15, 0.2) is 5.69 Å². The van der Waals surface area contributed by atoms with Gasteiger partial charge in [0.25, 0.3) is 0 Å². The summed E-state index contributed by atoms with van der Waals surface area (Å²) >= 11 is 3.42. The van der Waals surface area contributed by atoms with E-state index in [2.05, 4.69) is 21.0 Å². The Morgan fingerprint density at radius 3 is 2.62 bits per heavy atom. The third kappa shape index (κ3) is 3.02. The number of hydrogen-bond acceptors (Lipinski definition) is 4. The number of rotatable bonds is 5. The Morgan fingerprint density at radius 2 is 2.10 bits per heavy atom. The van der Waals surface area contributed by atoms with E-state index in [0.717, 1.165) is 10.0 Å². The predicted octanol–water partition coefficient (Wildman–Crippen LogP) is 2.96. The number of carboxylic acids is 1. The summed E-state index contributed by atoms with van der Waals surface area (Å²) in [6.07, 6.45) is 0. The van der Waals surface area contributed by atoms with Crippen molar-refractivity contribution >= 4 is 21.9 Å². The highest BCUT2D eigenvalue weighted by atomic mass is 79.9. The summed E-state index contributed by atoms with van der Waals surface area (Å²) in [5.41, 5.74) is 1.38. The summed E-state index contributed by atoms with van der Waals surface area (Å²) in [6.45, 7) is 2.37. The zero-order chi connectivity index (χ0) is 15.6. The number of benzene rings is 1. The maximum atomic E-state index is 11.0. The highest BCUT2D eigenvalue weighted by Crippen LogP contribution is 2.38. The van der Waals surface area contributed by atoms with Crippen molar-refractivity contribution in [3.63, 3.8) is 0 Å². The van der Waals surface area contributed by atoms with Crippen LogP contribution in [0.3, 0.4) is 0 Å². The summed E-state index contributed by atoms with van der Waals surface area (Å²) in [7, 11) is 3.26. The van der Waals surface area contributed by atoms with Gasteiger partial charge >= 0.3 is 5.97 Å². The molecule has 112 valence electrons. The zero-order valence-electron chi connectivity index (χ0n) is 11.9.